The topological polar surface area (TPSA) is 86.8 Å². The Kier molecular flexibility index (Phi) is 11.0. The first kappa shape index (κ1) is 32.9. The van der Waals surface area contributed by atoms with Gasteiger partial charge in [-0.3, -0.25) is 13.9 Å². The first-order valence-electron chi connectivity index (χ1n) is 13.3. The smallest absolute Gasteiger partial charge is 0.354 e. The number of hydrogen-bond acceptors (Lipinski definition) is 4. The van der Waals surface area contributed by atoms with Crippen molar-refractivity contribution in [3.05, 3.63) is 94.5 Å². The normalized spacial score (nSPS) is 12.5. The molecule has 0 radical (unpaired) electrons. The highest BCUT2D eigenvalue weighted by Crippen LogP contribution is 2.33. The predicted molar refractivity (Wildman–Crippen MR) is 157 cm³/mol. The average molecular weight is 624 g/mol. The number of nitrogens with one attached hydrogen (secondary N) is 1. The van der Waals surface area contributed by atoms with Gasteiger partial charge in [-0.15, -0.1) is 0 Å². The van der Waals surface area contributed by atoms with Gasteiger partial charge in [-0.25, -0.2) is 8.42 Å². The molecule has 226 valence electrons. The van der Waals surface area contributed by atoms with E-state index in [4.69, 9.17) is 11.6 Å². The van der Waals surface area contributed by atoms with E-state index in [9.17, 15) is 31.2 Å². The lowest BCUT2D eigenvalue weighted by atomic mass is 10.1. The van der Waals surface area contributed by atoms with Gasteiger partial charge >= 0.3 is 6.18 Å². The molecule has 0 saturated carbocycles. The summed E-state index contributed by atoms with van der Waals surface area (Å²) in [6, 6.07) is 15.1. The van der Waals surface area contributed by atoms with Gasteiger partial charge in [-0.2, -0.15) is 13.2 Å². The van der Waals surface area contributed by atoms with Crippen LogP contribution in [0.5, 0.6) is 0 Å². The van der Waals surface area contributed by atoms with Crippen molar-refractivity contribution in [1.82, 2.24) is 10.2 Å². The SMILES string of the molecule is CCCCNC(=O)[C@H](C)N(Cc1cccc(Cl)c1)C(=O)CN(c1cccc(C(F)(F)F)c1)S(=O)(=O)c1ccc(C)cc1. The maximum Gasteiger partial charge on any atom is 0.416 e. The Hall–Kier alpha value is -3.57. The fraction of sp³-hybridized carbons (Fsp3) is 0.333. The van der Waals surface area contributed by atoms with Gasteiger partial charge in [0.05, 0.1) is 16.1 Å². The van der Waals surface area contributed by atoms with Crippen LogP contribution in [0.3, 0.4) is 0 Å². The Labute approximate surface area is 249 Å². The summed E-state index contributed by atoms with van der Waals surface area (Å²) in [7, 11) is -4.51. The number of nitrogens with zero attached hydrogens (tertiary/aromatic N) is 2. The van der Waals surface area contributed by atoms with Crippen LogP contribution >= 0.6 is 11.6 Å². The zero-order valence-electron chi connectivity index (χ0n) is 23.5. The molecule has 0 aliphatic rings. The van der Waals surface area contributed by atoms with Crippen LogP contribution in [0.1, 0.15) is 43.4 Å². The summed E-state index contributed by atoms with van der Waals surface area (Å²) in [5.74, 6) is -1.24. The molecule has 0 unspecified atom stereocenters. The highest BCUT2D eigenvalue weighted by molar-refractivity contribution is 7.92. The van der Waals surface area contributed by atoms with E-state index in [1.165, 1.54) is 30.0 Å². The summed E-state index contributed by atoms with van der Waals surface area (Å²) in [5.41, 5.74) is -0.0696. The highest BCUT2D eigenvalue weighted by Gasteiger charge is 2.35. The molecule has 3 aromatic carbocycles. The number of carbonyl (C=O) groups excluding carboxylic acids is 2. The predicted octanol–water partition coefficient (Wildman–Crippen LogP) is 6.20. The second kappa shape index (κ2) is 14.1. The lowest BCUT2D eigenvalue weighted by Gasteiger charge is -2.32. The van der Waals surface area contributed by atoms with Gasteiger partial charge in [0.1, 0.15) is 12.6 Å². The Morgan fingerprint density at radius 2 is 1.67 bits per heavy atom. The molecule has 0 aliphatic carbocycles. The Morgan fingerprint density at radius 1 is 1.00 bits per heavy atom. The summed E-state index contributed by atoms with van der Waals surface area (Å²) in [4.78, 5) is 27.9. The molecule has 0 aromatic heterocycles. The number of rotatable bonds is 12. The van der Waals surface area contributed by atoms with E-state index < -0.39 is 46.2 Å². The molecule has 2 amide bonds. The minimum absolute atomic E-state index is 0.0945. The van der Waals surface area contributed by atoms with Crippen molar-refractivity contribution in [2.45, 2.75) is 57.3 Å². The summed E-state index contributed by atoms with van der Waals surface area (Å²) < 4.78 is 69.0. The molecule has 42 heavy (non-hydrogen) atoms. The molecule has 0 heterocycles. The van der Waals surface area contributed by atoms with Gasteiger partial charge in [-0.05, 0) is 68.3 Å². The first-order chi connectivity index (χ1) is 19.7. The third-order valence-electron chi connectivity index (χ3n) is 6.59. The zero-order valence-corrected chi connectivity index (χ0v) is 25.1. The standard InChI is InChI=1S/C30H33ClF3N3O4S/c1-4-5-16-35-29(39)22(3)36(19-23-8-6-10-25(31)17-23)28(38)20-37(26-11-7-9-24(18-26)30(32,33)34)42(40,41)27-14-12-21(2)13-15-27/h6-15,17-18,22H,4-5,16,19-20H2,1-3H3,(H,35,39)/t22-/m0/s1. The number of benzene rings is 3. The van der Waals surface area contributed by atoms with Crippen LogP contribution in [-0.2, 0) is 32.3 Å². The number of anilines is 1. The molecule has 3 rings (SSSR count). The maximum absolute atomic E-state index is 13.9. The van der Waals surface area contributed by atoms with E-state index in [0.717, 1.165) is 30.5 Å². The van der Waals surface area contributed by atoms with Crippen molar-refractivity contribution >= 4 is 39.1 Å². The monoisotopic (exact) mass is 623 g/mol. The van der Waals surface area contributed by atoms with E-state index in [-0.39, 0.29) is 17.1 Å². The van der Waals surface area contributed by atoms with Crippen LogP contribution in [0.2, 0.25) is 5.02 Å². The molecule has 7 nitrogen and oxygen atoms in total. The number of unbranched alkanes of at least 4 members (excludes halogenated alkanes) is 1. The third kappa shape index (κ3) is 8.48. The van der Waals surface area contributed by atoms with Gasteiger partial charge < -0.3 is 10.2 Å². The van der Waals surface area contributed by atoms with E-state index >= 15 is 0 Å². The first-order valence-corrected chi connectivity index (χ1v) is 15.1. The Bertz CT molecular complexity index is 1500. The fourth-order valence-electron chi connectivity index (χ4n) is 4.15. The summed E-state index contributed by atoms with van der Waals surface area (Å²) >= 11 is 6.13. The van der Waals surface area contributed by atoms with Crippen LogP contribution in [0.4, 0.5) is 18.9 Å². The lowest BCUT2D eigenvalue weighted by Crippen LogP contribution is -2.51. The van der Waals surface area contributed by atoms with E-state index in [1.807, 2.05) is 6.92 Å². The molecular formula is C30H33ClF3N3O4S. The molecule has 0 bridgehead atoms. The van der Waals surface area contributed by atoms with Gasteiger partial charge in [0.2, 0.25) is 11.8 Å². The molecule has 0 aliphatic heterocycles. The number of hydrogen-bond donors (Lipinski definition) is 1. The summed E-state index contributed by atoms with van der Waals surface area (Å²) in [5, 5.41) is 3.17. The average Bonchev–Trinajstić information content (AvgIpc) is 2.94. The van der Waals surface area contributed by atoms with Gasteiger partial charge in [0.25, 0.3) is 10.0 Å². The van der Waals surface area contributed by atoms with Crippen molar-refractivity contribution in [3.8, 4) is 0 Å². The third-order valence-corrected chi connectivity index (χ3v) is 8.61. The fourth-order valence-corrected chi connectivity index (χ4v) is 5.77. The molecular weight excluding hydrogens is 591 g/mol. The van der Waals surface area contributed by atoms with Crippen LogP contribution in [0, 0.1) is 6.92 Å². The number of aryl methyl sites for hydroxylation is 1. The molecule has 0 saturated heterocycles. The van der Waals surface area contributed by atoms with Crippen molar-refractivity contribution in [2.75, 3.05) is 17.4 Å². The summed E-state index contributed by atoms with van der Waals surface area (Å²) in [6.07, 6.45) is -3.19. The van der Waals surface area contributed by atoms with Crippen molar-refractivity contribution in [3.63, 3.8) is 0 Å². The molecule has 3 aromatic rings. The highest BCUT2D eigenvalue weighted by atomic mass is 35.5. The number of alkyl halides is 3. The minimum Gasteiger partial charge on any atom is -0.354 e. The number of amides is 2. The molecule has 1 atom stereocenters. The van der Waals surface area contributed by atoms with Crippen molar-refractivity contribution in [2.24, 2.45) is 0 Å². The second-order valence-corrected chi connectivity index (χ2v) is 12.1. The van der Waals surface area contributed by atoms with Gasteiger partial charge in [0.15, 0.2) is 0 Å². The van der Waals surface area contributed by atoms with Crippen LogP contribution in [0.25, 0.3) is 0 Å². The van der Waals surface area contributed by atoms with Crippen LogP contribution in [0.15, 0.2) is 77.7 Å². The van der Waals surface area contributed by atoms with Crippen LogP contribution < -0.4 is 9.62 Å². The summed E-state index contributed by atoms with van der Waals surface area (Å²) in [6.45, 7) is 4.66. The second-order valence-electron chi connectivity index (χ2n) is 9.84. The number of carbonyl (C=O) groups is 2. The quantitative estimate of drug-likeness (QED) is 0.244. The zero-order chi connectivity index (χ0) is 31.1. The van der Waals surface area contributed by atoms with Gasteiger partial charge in [-0.1, -0.05) is 60.8 Å². The molecule has 12 heteroatoms. The molecule has 1 N–H and O–H groups in total. The van der Waals surface area contributed by atoms with Crippen LogP contribution in [-0.4, -0.2) is 44.3 Å². The number of halogens is 4. The Morgan fingerprint density at radius 3 is 2.29 bits per heavy atom. The van der Waals surface area contributed by atoms with E-state index in [2.05, 4.69) is 5.32 Å². The largest absolute Gasteiger partial charge is 0.416 e. The Balaban J connectivity index is 2.07. The van der Waals surface area contributed by atoms with Crippen molar-refractivity contribution in [1.29, 1.82) is 0 Å². The molecule has 0 fully saturated rings. The van der Waals surface area contributed by atoms with E-state index in [0.29, 0.717) is 27.5 Å². The number of sulfonamides is 1. The maximum atomic E-state index is 13.9. The minimum atomic E-state index is -4.75. The van der Waals surface area contributed by atoms with E-state index in [1.54, 1.807) is 43.3 Å². The van der Waals surface area contributed by atoms with Gasteiger partial charge in [0, 0.05) is 18.1 Å². The lowest BCUT2D eigenvalue weighted by molar-refractivity contribution is -0.139. The van der Waals surface area contributed by atoms with Crippen molar-refractivity contribution < 1.29 is 31.2 Å². The molecule has 0 spiro atoms.